The van der Waals surface area contributed by atoms with Gasteiger partial charge < -0.3 is 21.3 Å². The fourth-order valence-corrected chi connectivity index (χ4v) is 4.88. The molecule has 2 heterocycles. The van der Waals surface area contributed by atoms with Gasteiger partial charge in [0.15, 0.2) is 11.9 Å². The van der Waals surface area contributed by atoms with Crippen LogP contribution in [0.3, 0.4) is 0 Å². The van der Waals surface area contributed by atoms with Gasteiger partial charge in [0.25, 0.3) is 0 Å². The summed E-state index contributed by atoms with van der Waals surface area (Å²) in [5.74, 6) is 4.42. The average Bonchev–Trinajstić information content (AvgIpc) is 3.41. The number of hydrogen-bond acceptors (Lipinski definition) is 8. The zero-order chi connectivity index (χ0) is 20.6. The van der Waals surface area contributed by atoms with E-state index in [1.165, 1.54) is 23.1 Å². The first-order valence-corrected chi connectivity index (χ1v) is 13.3. The number of guanidine groups is 2. The summed E-state index contributed by atoms with van der Waals surface area (Å²) in [5.41, 5.74) is 2.24. The van der Waals surface area contributed by atoms with E-state index in [1.54, 1.807) is 0 Å². The molecular weight excluding hydrogens is 445 g/mol. The van der Waals surface area contributed by atoms with Crippen LogP contribution in [-0.2, 0) is 11.5 Å². The first-order chi connectivity index (χ1) is 14.2. The average molecular weight is 473 g/mol. The summed E-state index contributed by atoms with van der Waals surface area (Å²) in [5, 5.41) is 31.9. The van der Waals surface area contributed by atoms with Crippen molar-refractivity contribution in [1.29, 1.82) is 10.8 Å². The number of nitrogens with one attached hydrogen (secondary N) is 6. The predicted octanol–water partition coefficient (Wildman–Crippen LogP) is 2.38. The Kier molecular flexibility index (Phi) is 12.6. The molecule has 160 valence electrons. The van der Waals surface area contributed by atoms with E-state index in [9.17, 15) is 0 Å². The molecule has 0 radical (unpaired) electrons. The number of rotatable bonds is 14. The third-order valence-corrected chi connectivity index (χ3v) is 6.72. The summed E-state index contributed by atoms with van der Waals surface area (Å²) in [6, 6.07) is 4.09. The van der Waals surface area contributed by atoms with Crippen molar-refractivity contribution in [1.82, 2.24) is 30.0 Å². The van der Waals surface area contributed by atoms with Crippen LogP contribution in [0.2, 0.25) is 0 Å². The molecule has 0 amide bonds. The molecule has 0 fully saturated rings. The zero-order valence-corrected chi connectivity index (χ0v) is 19.5. The molecule has 29 heavy (non-hydrogen) atoms. The fourth-order valence-electron chi connectivity index (χ4n) is 2.11. The summed E-state index contributed by atoms with van der Waals surface area (Å²) in [6.45, 7) is 2.91. The van der Waals surface area contributed by atoms with Gasteiger partial charge in [-0.15, -0.1) is 0 Å². The van der Waals surface area contributed by atoms with E-state index in [0.29, 0.717) is 25.0 Å². The first-order valence-electron chi connectivity index (χ1n) is 9.30. The Bertz CT molecular complexity index is 619. The molecule has 8 nitrogen and oxygen atoms in total. The van der Waals surface area contributed by atoms with Crippen molar-refractivity contribution in [2.24, 2.45) is 0 Å². The maximum absolute atomic E-state index is 7.84. The van der Waals surface area contributed by atoms with Crippen LogP contribution >= 0.6 is 46.6 Å². The van der Waals surface area contributed by atoms with Crippen molar-refractivity contribution in [2.45, 2.75) is 17.9 Å². The molecule has 12 heteroatoms. The summed E-state index contributed by atoms with van der Waals surface area (Å²) in [7, 11) is 0. The largest absolute Gasteiger partial charge is 0.357 e. The Balaban J connectivity index is 1.33. The van der Waals surface area contributed by atoms with Crippen LogP contribution in [0.1, 0.15) is 17.8 Å². The lowest BCUT2D eigenvalue weighted by Gasteiger charge is -2.12. The van der Waals surface area contributed by atoms with E-state index in [1.807, 2.05) is 46.4 Å². The number of hydrogen-bond donors (Lipinski definition) is 6. The normalized spacial score (nSPS) is 10.5. The van der Waals surface area contributed by atoms with Gasteiger partial charge in [-0.25, -0.2) is 0 Å². The molecule has 0 spiro atoms. The quantitative estimate of drug-likeness (QED) is 0.141. The lowest BCUT2D eigenvalue weighted by molar-refractivity contribution is 0.710. The van der Waals surface area contributed by atoms with E-state index in [-0.39, 0.29) is 0 Å². The third kappa shape index (κ3) is 11.9. The minimum absolute atomic E-state index is 0.351. The SMILES string of the molecule is N=C(NCCCNC(=N)NCCSCc1ccsn1)NCCSCc1ccsn1. The zero-order valence-electron chi connectivity index (χ0n) is 16.2. The maximum Gasteiger partial charge on any atom is 0.188 e. The third-order valence-electron chi connectivity index (χ3n) is 3.54. The molecule has 0 aliphatic carbocycles. The van der Waals surface area contributed by atoms with Gasteiger partial charge in [0, 0.05) is 60.0 Å². The summed E-state index contributed by atoms with van der Waals surface area (Å²) < 4.78 is 8.54. The van der Waals surface area contributed by atoms with Crippen molar-refractivity contribution in [3.05, 3.63) is 34.3 Å². The van der Waals surface area contributed by atoms with Crippen LogP contribution in [0.25, 0.3) is 0 Å². The highest BCUT2D eigenvalue weighted by Crippen LogP contribution is 2.11. The van der Waals surface area contributed by atoms with Crippen molar-refractivity contribution in [2.75, 3.05) is 37.7 Å². The Morgan fingerprint density at radius 1 is 0.759 bits per heavy atom. The molecule has 2 aromatic rings. The van der Waals surface area contributed by atoms with Crippen molar-refractivity contribution in [3.63, 3.8) is 0 Å². The van der Waals surface area contributed by atoms with Gasteiger partial charge >= 0.3 is 0 Å². The second kappa shape index (κ2) is 15.4. The van der Waals surface area contributed by atoms with Crippen LogP contribution < -0.4 is 21.3 Å². The number of nitrogens with zero attached hydrogens (tertiary/aromatic N) is 2. The second-order valence-corrected chi connectivity index (χ2v) is 9.44. The van der Waals surface area contributed by atoms with Gasteiger partial charge in [-0.3, -0.25) is 10.8 Å². The monoisotopic (exact) mass is 472 g/mol. The van der Waals surface area contributed by atoms with Gasteiger partial charge in [-0.2, -0.15) is 32.3 Å². The first kappa shape index (κ1) is 23.8. The van der Waals surface area contributed by atoms with Gasteiger partial charge in [-0.1, -0.05) is 0 Å². The molecule has 6 N–H and O–H groups in total. The lowest BCUT2D eigenvalue weighted by Crippen LogP contribution is -2.40. The molecule has 0 aliphatic rings. The molecule has 0 unspecified atom stereocenters. The molecule has 0 saturated carbocycles. The molecule has 2 aromatic heterocycles. The smallest absolute Gasteiger partial charge is 0.188 e. The van der Waals surface area contributed by atoms with Crippen LogP contribution in [0.15, 0.2) is 22.9 Å². The van der Waals surface area contributed by atoms with Gasteiger partial charge in [-0.05, 0) is 41.6 Å². The summed E-state index contributed by atoms with van der Waals surface area (Å²) >= 11 is 6.58. The highest BCUT2D eigenvalue weighted by atomic mass is 32.2. The van der Waals surface area contributed by atoms with Gasteiger partial charge in [0.2, 0.25) is 0 Å². The van der Waals surface area contributed by atoms with Gasteiger partial charge in [0.05, 0.1) is 11.4 Å². The van der Waals surface area contributed by atoms with E-state index in [2.05, 4.69) is 30.0 Å². The molecule has 0 saturated heterocycles. The summed E-state index contributed by atoms with van der Waals surface area (Å²) in [6.07, 6.45) is 0.839. The van der Waals surface area contributed by atoms with Crippen LogP contribution in [0, 0.1) is 10.8 Å². The number of aromatic nitrogens is 2. The van der Waals surface area contributed by atoms with E-state index < -0.39 is 0 Å². The van der Waals surface area contributed by atoms with Crippen LogP contribution in [0.4, 0.5) is 0 Å². The Hall–Kier alpha value is -1.50. The minimum atomic E-state index is 0.351. The molecule has 0 aliphatic heterocycles. The Morgan fingerprint density at radius 2 is 1.21 bits per heavy atom. The highest BCUT2D eigenvalue weighted by Gasteiger charge is 1.99. The van der Waals surface area contributed by atoms with E-state index in [0.717, 1.165) is 53.9 Å². The van der Waals surface area contributed by atoms with E-state index in [4.69, 9.17) is 10.8 Å². The van der Waals surface area contributed by atoms with Crippen molar-refractivity contribution in [3.8, 4) is 0 Å². The summed E-state index contributed by atoms with van der Waals surface area (Å²) in [4.78, 5) is 0. The topological polar surface area (TPSA) is 122 Å². The molecule has 0 atom stereocenters. The highest BCUT2D eigenvalue weighted by molar-refractivity contribution is 7.98. The molecule has 0 bridgehead atoms. The van der Waals surface area contributed by atoms with Crippen LogP contribution in [-0.4, -0.2) is 58.4 Å². The van der Waals surface area contributed by atoms with Gasteiger partial charge in [0.1, 0.15) is 0 Å². The number of thioether (sulfide) groups is 2. The van der Waals surface area contributed by atoms with E-state index >= 15 is 0 Å². The molecular formula is C17H28N8S4. The lowest BCUT2D eigenvalue weighted by atomic mass is 10.4. The molecule has 2 rings (SSSR count). The Morgan fingerprint density at radius 3 is 1.62 bits per heavy atom. The Labute approximate surface area is 188 Å². The van der Waals surface area contributed by atoms with Crippen molar-refractivity contribution >= 4 is 58.5 Å². The predicted molar refractivity (Wildman–Crippen MR) is 129 cm³/mol. The molecule has 0 aromatic carbocycles. The fraction of sp³-hybridized carbons (Fsp3) is 0.529. The maximum atomic E-state index is 7.84. The minimum Gasteiger partial charge on any atom is -0.357 e. The second-order valence-electron chi connectivity index (χ2n) is 5.90. The standard InChI is InChI=1S/C17H28N8S4/c18-16(22-6-10-26-12-14-2-8-28-24-14)20-4-1-5-21-17(19)23-7-11-27-13-15-3-9-29-25-15/h2-3,8-9H,1,4-7,10-13H2,(H3,18,20,22)(H3,19,21,23). The van der Waals surface area contributed by atoms with Crippen LogP contribution in [0.5, 0.6) is 0 Å². The van der Waals surface area contributed by atoms with Crippen molar-refractivity contribution < 1.29 is 0 Å².